The number of aromatic nitrogens is 1. The van der Waals surface area contributed by atoms with Crippen molar-refractivity contribution in [1.82, 2.24) is 0 Å². The summed E-state index contributed by atoms with van der Waals surface area (Å²) >= 11 is 0. The molecule has 0 saturated heterocycles. The minimum atomic E-state index is 1.17. The largest absolute Gasteiger partial charge is 0.218 e. The molecule has 0 aliphatic rings. The highest BCUT2D eigenvalue weighted by atomic mass is 15.0. The first kappa shape index (κ1) is 17.4. The summed E-state index contributed by atoms with van der Waals surface area (Å²) < 4.78 is 2.34. The Hall–Kier alpha value is -3.71. The van der Waals surface area contributed by atoms with Crippen molar-refractivity contribution in [3.05, 3.63) is 120 Å². The molecule has 0 fully saturated rings. The molecule has 0 aliphatic carbocycles. The van der Waals surface area contributed by atoms with E-state index in [-0.39, 0.29) is 0 Å². The quantitative estimate of drug-likeness (QED) is 0.306. The molecule has 1 nitrogen and oxygen atoms in total. The Bertz CT molecular complexity index is 1340. The van der Waals surface area contributed by atoms with Gasteiger partial charge in [0.15, 0.2) is 0 Å². The van der Waals surface area contributed by atoms with Crippen molar-refractivity contribution in [2.24, 2.45) is 0 Å². The van der Waals surface area contributed by atoms with Crippen molar-refractivity contribution >= 4 is 33.3 Å². The Morgan fingerprint density at radius 1 is 0.621 bits per heavy atom. The number of pyridine rings is 1. The molecule has 1 aromatic heterocycles. The van der Waals surface area contributed by atoms with Crippen LogP contribution in [0.5, 0.6) is 0 Å². The van der Waals surface area contributed by atoms with E-state index in [0.717, 1.165) is 0 Å². The molecule has 1 heteroatoms. The fourth-order valence-electron chi connectivity index (χ4n) is 4.07. The minimum absolute atomic E-state index is 1.17. The summed E-state index contributed by atoms with van der Waals surface area (Å²) in [5.41, 5.74) is 6.07. The van der Waals surface area contributed by atoms with Gasteiger partial charge in [-0.1, -0.05) is 72.8 Å². The Balaban J connectivity index is 1.75. The lowest BCUT2D eigenvalue weighted by atomic mass is 9.98. The molecule has 0 unspecified atom stereocenters. The van der Waals surface area contributed by atoms with Crippen LogP contribution in [0.15, 0.2) is 109 Å². The van der Waals surface area contributed by atoms with Gasteiger partial charge in [0.1, 0.15) is 0 Å². The lowest BCUT2D eigenvalue weighted by Crippen LogP contribution is -2.35. The maximum atomic E-state index is 2.34. The minimum Gasteiger partial charge on any atom is -0.153 e. The van der Waals surface area contributed by atoms with Gasteiger partial charge in [0, 0.05) is 35.7 Å². The van der Waals surface area contributed by atoms with Gasteiger partial charge in [0.2, 0.25) is 16.9 Å². The number of benzene rings is 4. The number of fused-ring (bicyclic) bond motifs is 2. The van der Waals surface area contributed by atoms with Crippen molar-refractivity contribution in [3.63, 3.8) is 0 Å². The lowest BCUT2D eigenvalue weighted by molar-refractivity contribution is -0.569. The van der Waals surface area contributed by atoms with E-state index in [4.69, 9.17) is 0 Å². The monoisotopic (exact) mass is 372 g/mol. The van der Waals surface area contributed by atoms with E-state index in [0.29, 0.717) is 0 Å². The van der Waals surface area contributed by atoms with Gasteiger partial charge in [-0.25, -0.2) is 0 Å². The average Bonchev–Trinajstić information content (AvgIpc) is 2.79. The number of para-hydroxylation sites is 2. The molecule has 4 aromatic carbocycles. The number of hydrogen-bond acceptors (Lipinski definition) is 0. The first-order valence-electron chi connectivity index (χ1n) is 9.97. The standard InChI is InChI=1S/C28H22N/c1-21(26-16-9-12-22-10-5-7-15-27(22)26)20-25-19-18-23-11-6-8-17-28(23)29(25)24-13-3-2-4-14-24/h2-20H,1H3/q+1. The van der Waals surface area contributed by atoms with E-state index in [1.807, 2.05) is 0 Å². The normalized spacial score (nSPS) is 11.8. The van der Waals surface area contributed by atoms with Gasteiger partial charge < -0.3 is 0 Å². The summed E-state index contributed by atoms with van der Waals surface area (Å²) in [5, 5.41) is 3.79. The van der Waals surface area contributed by atoms with Crippen LogP contribution in [0, 0.1) is 0 Å². The molecule has 5 aromatic rings. The molecular weight excluding hydrogens is 350 g/mol. The first-order chi connectivity index (χ1) is 14.3. The molecule has 29 heavy (non-hydrogen) atoms. The van der Waals surface area contributed by atoms with E-state index in [1.165, 1.54) is 44.2 Å². The lowest BCUT2D eigenvalue weighted by Gasteiger charge is -2.08. The molecule has 1 heterocycles. The van der Waals surface area contributed by atoms with Crippen molar-refractivity contribution in [1.29, 1.82) is 0 Å². The zero-order valence-electron chi connectivity index (χ0n) is 16.4. The predicted octanol–water partition coefficient (Wildman–Crippen LogP) is 6.83. The van der Waals surface area contributed by atoms with Gasteiger partial charge in [-0.3, -0.25) is 0 Å². The summed E-state index contributed by atoms with van der Waals surface area (Å²) in [6.07, 6.45) is 2.29. The van der Waals surface area contributed by atoms with E-state index in [1.54, 1.807) is 0 Å². The summed E-state index contributed by atoms with van der Waals surface area (Å²) in [7, 11) is 0. The van der Waals surface area contributed by atoms with Crippen LogP contribution in [0.2, 0.25) is 0 Å². The van der Waals surface area contributed by atoms with Crippen LogP contribution in [-0.4, -0.2) is 0 Å². The highest BCUT2D eigenvalue weighted by Gasteiger charge is 2.17. The molecule has 0 amide bonds. The van der Waals surface area contributed by atoms with E-state index < -0.39 is 0 Å². The van der Waals surface area contributed by atoms with Gasteiger partial charge in [-0.15, -0.1) is 0 Å². The second-order valence-corrected chi connectivity index (χ2v) is 7.34. The van der Waals surface area contributed by atoms with Gasteiger partial charge in [0.25, 0.3) is 0 Å². The topological polar surface area (TPSA) is 3.88 Å². The van der Waals surface area contributed by atoms with Crippen LogP contribution in [0.25, 0.3) is 39.0 Å². The molecule has 0 aliphatic heterocycles. The first-order valence-corrected chi connectivity index (χ1v) is 9.97. The number of allylic oxidation sites excluding steroid dienone is 1. The molecule has 5 rings (SSSR count). The smallest absolute Gasteiger partial charge is 0.153 e. The summed E-state index contributed by atoms with van der Waals surface area (Å²) in [6, 6.07) is 38.6. The van der Waals surface area contributed by atoms with Crippen LogP contribution in [0.3, 0.4) is 0 Å². The fourth-order valence-corrected chi connectivity index (χ4v) is 4.07. The van der Waals surface area contributed by atoms with Gasteiger partial charge >= 0.3 is 0 Å². The van der Waals surface area contributed by atoms with Crippen LogP contribution in [0.1, 0.15) is 18.2 Å². The summed E-state index contributed by atoms with van der Waals surface area (Å²) in [4.78, 5) is 0. The average molecular weight is 372 g/mol. The summed E-state index contributed by atoms with van der Waals surface area (Å²) in [5.74, 6) is 0. The van der Waals surface area contributed by atoms with Crippen LogP contribution < -0.4 is 4.57 Å². The van der Waals surface area contributed by atoms with Gasteiger partial charge in [-0.05, 0) is 41.0 Å². The van der Waals surface area contributed by atoms with E-state index in [2.05, 4.69) is 127 Å². The molecule has 0 saturated carbocycles. The van der Waals surface area contributed by atoms with E-state index in [9.17, 15) is 0 Å². The van der Waals surface area contributed by atoms with Gasteiger partial charge in [0.05, 0.1) is 0 Å². The number of nitrogens with zero attached hydrogens (tertiary/aromatic N) is 1. The Kier molecular flexibility index (Phi) is 4.42. The number of rotatable bonds is 3. The second-order valence-electron chi connectivity index (χ2n) is 7.34. The third-order valence-corrected chi connectivity index (χ3v) is 5.46. The van der Waals surface area contributed by atoms with E-state index >= 15 is 0 Å². The third kappa shape index (κ3) is 3.21. The maximum absolute atomic E-state index is 2.34. The molecule has 0 bridgehead atoms. The Labute approximate surface area is 171 Å². The molecule has 138 valence electrons. The predicted molar refractivity (Wildman–Crippen MR) is 123 cm³/mol. The molecular formula is C28H22N+. The van der Waals surface area contributed by atoms with Crippen LogP contribution in [0.4, 0.5) is 0 Å². The Morgan fingerprint density at radius 2 is 1.31 bits per heavy atom. The third-order valence-electron chi connectivity index (χ3n) is 5.46. The van der Waals surface area contributed by atoms with Crippen molar-refractivity contribution in [2.75, 3.05) is 0 Å². The zero-order chi connectivity index (χ0) is 19.6. The van der Waals surface area contributed by atoms with Crippen LogP contribution >= 0.6 is 0 Å². The molecule has 0 radical (unpaired) electrons. The SMILES string of the molecule is CC(=Cc1ccc2ccccc2[n+]1-c1ccccc1)c1cccc2ccccc12. The molecule has 0 N–H and O–H groups in total. The van der Waals surface area contributed by atoms with Crippen molar-refractivity contribution in [2.45, 2.75) is 6.92 Å². The zero-order valence-corrected chi connectivity index (χ0v) is 16.4. The Morgan fingerprint density at radius 3 is 2.17 bits per heavy atom. The maximum Gasteiger partial charge on any atom is 0.218 e. The fraction of sp³-hybridized carbons (Fsp3) is 0.0357. The summed E-state index contributed by atoms with van der Waals surface area (Å²) in [6.45, 7) is 2.20. The number of hydrogen-bond donors (Lipinski definition) is 0. The highest BCUT2D eigenvalue weighted by molar-refractivity contribution is 5.96. The second kappa shape index (κ2) is 7.37. The molecule has 0 spiro atoms. The van der Waals surface area contributed by atoms with Gasteiger partial charge in [-0.2, -0.15) is 4.57 Å². The highest BCUT2D eigenvalue weighted by Crippen LogP contribution is 2.26. The van der Waals surface area contributed by atoms with Crippen molar-refractivity contribution in [3.8, 4) is 5.69 Å². The molecule has 0 atom stereocenters. The van der Waals surface area contributed by atoms with Crippen molar-refractivity contribution < 1.29 is 4.57 Å². The van der Waals surface area contributed by atoms with Crippen LogP contribution in [-0.2, 0) is 0 Å².